The molecule has 0 saturated carbocycles. The largest absolute Gasteiger partial charge is 0.444 e. The summed E-state index contributed by atoms with van der Waals surface area (Å²) in [7, 11) is -3.60. The molecule has 0 rings (SSSR count). The summed E-state index contributed by atoms with van der Waals surface area (Å²) in [6.45, 7) is 5.13. The predicted molar refractivity (Wildman–Crippen MR) is 64.7 cm³/mol. The van der Waals surface area contributed by atoms with E-state index >= 15 is 0 Å². The Morgan fingerprint density at radius 2 is 1.94 bits per heavy atom. The third-order valence-corrected chi connectivity index (χ3v) is 2.32. The summed E-state index contributed by atoms with van der Waals surface area (Å²) in [5.74, 6) is -0.0527. The molecule has 102 valence electrons. The van der Waals surface area contributed by atoms with Gasteiger partial charge in [0.2, 0.25) is 0 Å². The van der Waals surface area contributed by atoms with E-state index in [-0.39, 0.29) is 12.4 Å². The van der Waals surface area contributed by atoms with Crippen molar-refractivity contribution < 1.29 is 22.1 Å². The van der Waals surface area contributed by atoms with Gasteiger partial charge in [0.15, 0.2) is 0 Å². The number of ether oxygens (including phenoxy) is 1. The van der Waals surface area contributed by atoms with Crippen LogP contribution >= 0.6 is 11.6 Å². The van der Waals surface area contributed by atoms with Crippen LogP contribution in [0.1, 0.15) is 20.8 Å². The molecule has 1 N–H and O–H groups in total. The number of rotatable bonds is 5. The summed E-state index contributed by atoms with van der Waals surface area (Å²) in [6, 6.07) is 0. The fraction of sp³-hybridized carbons (Fsp3) is 0.889. The van der Waals surface area contributed by atoms with Crippen molar-refractivity contribution >= 4 is 27.8 Å². The monoisotopic (exact) mass is 287 g/mol. The van der Waals surface area contributed by atoms with Gasteiger partial charge in [0.1, 0.15) is 11.7 Å². The van der Waals surface area contributed by atoms with Gasteiger partial charge in [-0.25, -0.2) is 4.79 Å². The number of carbonyl (C=O) groups is 1. The lowest BCUT2D eigenvalue weighted by Gasteiger charge is -2.21. The maximum absolute atomic E-state index is 11.3. The van der Waals surface area contributed by atoms with Crippen molar-refractivity contribution in [2.45, 2.75) is 32.5 Å². The molecule has 0 unspecified atom stereocenters. The van der Waals surface area contributed by atoms with Gasteiger partial charge in [-0.05, 0) is 20.8 Å². The molecule has 0 aliphatic heterocycles. The van der Waals surface area contributed by atoms with Crippen LogP contribution in [0.5, 0.6) is 0 Å². The minimum Gasteiger partial charge on any atom is -0.444 e. The highest BCUT2D eigenvalue weighted by Crippen LogP contribution is 2.06. The van der Waals surface area contributed by atoms with Crippen molar-refractivity contribution in [1.82, 2.24) is 5.32 Å². The Kier molecular flexibility index (Phi) is 6.22. The average molecular weight is 288 g/mol. The molecule has 0 aromatic carbocycles. The van der Waals surface area contributed by atoms with Crippen LogP contribution in [0, 0.1) is 0 Å². The molecular formula is C9H18ClNO5S. The lowest BCUT2D eigenvalue weighted by atomic mass is 10.2. The third-order valence-electron chi connectivity index (χ3n) is 1.36. The van der Waals surface area contributed by atoms with Crippen LogP contribution in [0.15, 0.2) is 0 Å². The van der Waals surface area contributed by atoms with Crippen molar-refractivity contribution in [1.29, 1.82) is 0 Å². The van der Waals surface area contributed by atoms with E-state index in [1.54, 1.807) is 20.8 Å². The van der Waals surface area contributed by atoms with E-state index in [0.29, 0.717) is 0 Å². The van der Waals surface area contributed by atoms with E-state index in [2.05, 4.69) is 9.50 Å². The van der Waals surface area contributed by atoms with Crippen molar-refractivity contribution in [3.05, 3.63) is 0 Å². The molecule has 8 heteroatoms. The summed E-state index contributed by atoms with van der Waals surface area (Å²) in [5.41, 5.74) is -0.613. The zero-order valence-electron chi connectivity index (χ0n) is 10.3. The Bertz CT molecular complexity index is 349. The Hall–Kier alpha value is -0.530. The Morgan fingerprint density at radius 1 is 1.41 bits per heavy atom. The summed E-state index contributed by atoms with van der Waals surface area (Å²) >= 11 is 5.51. The van der Waals surface area contributed by atoms with Gasteiger partial charge in [-0.3, -0.25) is 4.18 Å². The molecule has 0 saturated heterocycles. The van der Waals surface area contributed by atoms with Crippen LogP contribution < -0.4 is 5.32 Å². The standard InChI is InChI=1S/C9H18ClNO5S/c1-9(2,3)15-8(12)11-6-7(5-10)16-17(4,13)14/h7H,5-6H2,1-4H3,(H,11,12)/t7-/m1/s1. The van der Waals surface area contributed by atoms with Crippen LogP contribution in [0.3, 0.4) is 0 Å². The maximum Gasteiger partial charge on any atom is 0.407 e. The lowest BCUT2D eigenvalue weighted by molar-refractivity contribution is 0.0506. The van der Waals surface area contributed by atoms with E-state index < -0.39 is 27.9 Å². The van der Waals surface area contributed by atoms with Crippen molar-refractivity contribution in [2.24, 2.45) is 0 Å². The number of alkyl halides is 1. The fourth-order valence-electron chi connectivity index (χ4n) is 0.873. The van der Waals surface area contributed by atoms with Crippen molar-refractivity contribution in [3.8, 4) is 0 Å². The SMILES string of the molecule is CC(C)(C)OC(=O)NC[C@@H](CCl)OS(C)(=O)=O. The predicted octanol–water partition coefficient (Wildman–Crippen LogP) is 1.09. The number of alkyl carbamates (subject to hydrolysis) is 1. The van der Waals surface area contributed by atoms with Gasteiger partial charge in [0.05, 0.1) is 12.1 Å². The average Bonchev–Trinajstić information content (AvgIpc) is 2.07. The number of hydrogen-bond donors (Lipinski definition) is 1. The molecular weight excluding hydrogens is 270 g/mol. The topological polar surface area (TPSA) is 81.7 Å². The van der Waals surface area contributed by atoms with E-state index in [1.807, 2.05) is 0 Å². The molecule has 0 fully saturated rings. The third kappa shape index (κ3) is 10.3. The normalized spacial score (nSPS) is 14.2. The number of halogens is 1. The van der Waals surface area contributed by atoms with Crippen molar-refractivity contribution in [2.75, 3.05) is 18.7 Å². The van der Waals surface area contributed by atoms with Gasteiger partial charge in [0, 0.05) is 6.54 Å². The van der Waals surface area contributed by atoms with E-state index in [0.717, 1.165) is 6.26 Å². The van der Waals surface area contributed by atoms with E-state index in [4.69, 9.17) is 16.3 Å². The second kappa shape index (κ2) is 6.42. The molecule has 0 radical (unpaired) electrons. The first kappa shape index (κ1) is 16.5. The lowest BCUT2D eigenvalue weighted by Crippen LogP contribution is -2.39. The van der Waals surface area contributed by atoms with Crippen LogP contribution in [0.25, 0.3) is 0 Å². The van der Waals surface area contributed by atoms with E-state index in [1.165, 1.54) is 0 Å². The van der Waals surface area contributed by atoms with Gasteiger partial charge in [0.25, 0.3) is 10.1 Å². The summed E-state index contributed by atoms with van der Waals surface area (Å²) in [5, 5.41) is 2.38. The number of amides is 1. The van der Waals surface area contributed by atoms with Crippen molar-refractivity contribution in [3.63, 3.8) is 0 Å². The van der Waals surface area contributed by atoms with Gasteiger partial charge >= 0.3 is 6.09 Å². The highest BCUT2D eigenvalue weighted by atomic mass is 35.5. The molecule has 17 heavy (non-hydrogen) atoms. The second-order valence-corrected chi connectivity index (χ2v) is 6.37. The zero-order valence-corrected chi connectivity index (χ0v) is 11.9. The van der Waals surface area contributed by atoms with Crippen LogP contribution in [0.4, 0.5) is 4.79 Å². The molecule has 0 bridgehead atoms. The van der Waals surface area contributed by atoms with Gasteiger partial charge < -0.3 is 10.1 Å². The number of nitrogens with one attached hydrogen (secondary N) is 1. The summed E-state index contributed by atoms with van der Waals surface area (Å²) in [4.78, 5) is 11.3. The van der Waals surface area contributed by atoms with Crippen LogP contribution in [-0.4, -0.2) is 44.9 Å². The highest BCUT2D eigenvalue weighted by Gasteiger charge is 2.19. The first-order valence-corrected chi connectivity index (χ1v) is 7.29. The minimum atomic E-state index is -3.60. The first-order valence-electron chi connectivity index (χ1n) is 4.94. The number of hydrogen-bond acceptors (Lipinski definition) is 5. The maximum atomic E-state index is 11.3. The second-order valence-electron chi connectivity index (χ2n) is 4.46. The van der Waals surface area contributed by atoms with Gasteiger partial charge in [-0.2, -0.15) is 8.42 Å². The van der Waals surface area contributed by atoms with Gasteiger partial charge in [-0.1, -0.05) is 0 Å². The molecule has 0 spiro atoms. The van der Waals surface area contributed by atoms with Gasteiger partial charge in [-0.15, -0.1) is 11.6 Å². The fourth-order valence-corrected chi connectivity index (χ4v) is 1.75. The zero-order chi connectivity index (χ0) is 13.7. The molecule has 0 aliphatic rings. The molecule has 6 nitrogen and oxygen atoms in total. The molecule has 1 atom stereocenters. The molecule has 0 aromatic rings. The number of carbonyl (C=O) groups excluding carboxylic acids is 1. The van der Waals surface area contributed by atoms with E-state index in [9.17, 15) is 13.2 Å². The summed E-state index contributed by atoms with van der Waals surface area (Å²) < 4.78 is 31.3. The molecule has 1 amide bonds. The first-order chi connectivity index (χ1) is 7.53. The minimum absolute atomic E-state index is 0.0362. The van der Waals surface area contributed by atoms with Crippen LogP contribution in [-0.2, 0) is 19.0 Å². The van der Waals surface area contributed by atoms with Crippen LogP contribution in [0.2, 0.25) is 0 Å². The quantitative estimate of drug-likeness (QED) is 0.605. The Balaban J connectivity index is 4.12. The highest BCUT2D eigenvalue weighted by molar-refractivity contribution is 7.86. The molecule has 0 aromatic heterocycles. The molecule has 0 aliphatic carbocycles. The Labute approximate surface area is 107 Å². The Morgan fingerprint density at radius 3 is 2.29 bits per heavy atom. The molecule has 0 heterocycles. The summed E-state index contributed by atoms with van der Waals surface area (Å²) in [6.07, 6.45) is -0.538. The smallest absolute Gasteiger partial charge is 0.407 e.